The van der Waals surface area contributed by atoms with Crippen LogP contribution in [0.3, 0.4) is 0 Å². The van der Waals surface area contributed by atoms with Crippen molar-refractivity contribution < 1.29 is 12.8 Å². The van der Waals surface area contributed by atoms with Gasteiger partial charge in [-0.25, -0.2) is 12.8 Å². The summed E-state index contributed by atoms with van der Waals surface area (Å²) in [7, 11) is -3.57. The van der Waals surface area contributed by atoms with Crippen LogP contribution in [0.4, 0.5) is 15.8 Å². The molecule has 0 spiro atoms. The highest BCUT2D eigenvalue weighted by atomic mass is 32.2. The van der Waals surface area contributed by atoms with E-state index in [1.54, 1.807) is 24.3 Å². The van der Waals surface area contributed by atoms with Crippen molar-refractivity contribution in [3.63, 3.8) is 0 Å². The molecule has 0 atom stereocenters. The number of hydrogen-bond donors (Lipinski definition) is 2. The average molecular weight is 280 g/mol. The van der Waals surface area contributed by atoms with Crippen LogP contribution in [0.25, 0.3) is 0 Å². The fraction of sp³-hybridized carbons (Fsp3) is 0.0769. The van der Waals surface area contributed by atoms with Gasteiger partial charge in [0.15, 0.2) is 0 Å². The van der Waals surface area contributed by atoms with Gasteiger partial charge in [0.05, 0.1) is 11.4 Å². The molecule has 3 N–H and O–H groups in total. The van der Waals surface area contributed by atoms with Gasteiger partial charge in [0.1, 0.15) is 5.82 Å². The highest BCUT2D eigenvalue weighted by Crippen LogP contribution is 2.14. The molecule has 0 heterocycles. The molecule has 0 aliphatic heterocycles. The first kappa shape index (κ1) is 13.4. The summed E-state index contributed by atoms with van der Waals surface area (Å²) in [6.45, 7) is 0. The second-order valence-corrected chi connectivity index (χ2v) is 5.84. The Balaban J connectivity index is 2.13. The molecule has 4 nitrogen and oxygen atoms in total. The Bertz CT molecular complexity index is 669. The zero-order chi connectivity index (χ0) is 13.9. The summed E-state index contributed by atoms with van der Waals surface area (Å²) in [5.41, 5.74) is 6.91. The molecule has 0 bridgehead atoms. The highest BCUT2D eigenvalue weighted by Gasteiger charge is 2.11. The SMILES string of the molecule is Nc1ccc(CS(=O)(=O)Nc2cccc(F)c2)cc1. The Morgan fingerprint density at radius 2 is 1.79 bits per heavy atom. The summed E-state index contributed by atoms with van der Waals surface area (Å²) < 4.78 is 39.1. The Kier molecular flexibility index (Phi) is 3.71. The van der Waals surface area contributed by atoms with Crippen LogP contribution in [-0.4, -0.2) is 8.42 Å². The predicted molar refractivity (Wildman–Crippen MR) is 73.5 cm³/mol. The molecule has 0 aliphatic carbocycles. The molecule has 19 heavy (non-hydrogen) atoms. The molecule has 2 rings (SSSR count). The standard InChI is InChI=1S/C13H13FN2O2S/c14-11-2-1-3-13(8-11)16-19(17,18)9-10-4-6-12(15)7-5-10/h1-8,16H,9,15H2. The number of halogens is 1. The van der Waals surface area contributed by atoms with Crippen molar-refractivity contribution in [2.45, 2.75) is 5.75 Å². The van der Waals surface area contributed by atoms with Crippen molar-refractivity contribution in [1.29, 1.82) is 0 Å². The lowest BCUT2D eigenvalue weighted by molar-refractivity contribution is 0.600. The Morgan fingerprint density at radius 3 is 2.42 bits per heavy atom. The average Bonchev–Trinajstić information content (AvgIpc) is 2.31. The van der Waals surface area contributed by atoms with Crippen molar-refractivity contribution >= 4 is 21.4 Å². The number of benzene rings is 2. The van der Waals surface area contributed by atoms with Crippen LogP contribution in [0, 0.1) is 5.82 Å². The van der Waals surface area contributed by atoms with Crippen molar-refractivity contribution in [2.24, 2.45) is 0 Å². The first-order valence-corrected chi connectivity index (χ1v) is 7.20. The maximum atomic E-state index is 13.0. The molecule has 6 heteroatoms. The van der Waals surface area contributed by atoms with Gasteiger partial charge in [-0.1, -0.05) is 18.2 Å². The minimum absolute atomic E-state index is 0.191. The van der Waals surface area contributed by atoms with Crippen LogP contribution in [0.1, 0.15) is 5.56 Å². The summed E-state index contributed by atoms with van der Waals surface area (Å²) in [6.07, 6.45) is 0. The summed E-state index contributed by atoms with van der Waals surface area (Å²) in [5.74, 6) is -0.684. The van der Waals surface area contributed by atoms with Gasteiger partial charge in [-0.15, -0.1) is 0 Å². The van der Waals surface area contributed by atoms with Gasteiger partial charge in [0, 0.05) is 5.69 Å². The van der Waals surface area contributed by atoms with Crippen molar-refractivity contribution in [3.05, 3.63) is 59.9 Å². The quantitative estimate of drug-likeness (QED) is 0.844. The number of nitrogens with two attached hydrogens (primary N) is 1. The third-order valence-corrected chi connectivity index (χ3v) is 3.69. The van der Waals surface area contributed by atoms with Crippen LogP contribution in [0.5, 0.6) is 0 Å². The normalized spacial score (nSPS) is 11.2. The minimum atomic E-state index is -3.57. The summed E-state index contributed by atoms with van der Waals surface area (Å²) in [6, 6.07) is 11.8. The van der Waals surface area contributed by atoms with Gasteiger partial charge in [-0.05, 0) is 35.9 Å². The second-order valence-electron chi connectivity index (χ2n) is 4.11. The van der Waals surface area contributed by atoms with E-state index in [9.17, 15) is 12.8 Å². The van der Waals surface area contributed by atoms with Crippen LogP contribution in [-0.2, 0) is 15.8 Å². The van der Waals surface area contributed by atoms with Crippen LogP contribution in [0.15, 0.2) is 48.5 Å². The van der Waals surface area contributed by atoms with Gasteiger partial charge >= 0.3 is 0 Å². The van der Waals surface area contributed by atoms with Crippen molar-refractivity contribution in [1.82, 2.24) is 0 Å². The highest BCUT2D eigenvalue weighted by molar-refractivity contribution is 7.91. The summed E-state index contributed by atoms with van der Waals surface area (Å²) in [4.78, 5) is 0. The van der Waals surface area contributed by atoms with Gasteiger partial charge in [0.25, 0.3) is 0 Å². The number of rotatable bonds is 4. The molecule has 2 aromatic rings. The molecule has 0 unspecified atom stereocenters. The molecule has 0 saturated carbocycles. The van der Waals surface area contributed by atoms with E-state index < -0.39 is 15.8 Å². The maximum absolute atomic E-state index is 13.0. The lowest BCUT2D eigenvalue weighted by Crippen LogP contribution is -2.15. The van der Waals surface area contributed by atoms with Crippen LogP contribution in [0.2, 0.25) is 0 Å². The summed E-state index contributed by atoms with van der Waals surface area (Å²) in [5, 5.41) is 0. The molecular weight excluding hydrogens is 267 g/mol. The first-order chi connectivity index (χ1) is 8.94. The Hall–Kier alpha value is -2.08. The van der Waals surface area contributed by atoms with E-state index >= 15 is 0 Å². The monoisotopic (exact) mass is 280 g/mol. The molecule has 0 aliphatic rings. The third-order valence-electron chi connectivity index (χ3n) is 2.43. The van der Waals surface area contributed by atoms with Crippen LogP contribution >= 0.6 is 0 Å². The van der Waals surface area contributed by atoms with Gasteiger partial charge in [-0.3, -0.25) is 4.72 Å². The predicted octanol–water partition coefficient (Wildman–Crippen LogP) is 2.35. The Morgan fingerprint density at radius 1 is 1.11 bits per heavy atom. The number of sulfonamides is 1. The fourth-order valence-corrected chi connectivity index (χ4v) is 2.79. The van der Waals surface area contributed by atoms with Gasteiger partial charge in [0.2, 0.25) is 10.0 Å². The Labute approximate surface area is 111 Å². The van der Waals surface area contributed by atoms with Crippen LogP contribution < -0.4 is 10.5 Å². The molecular formula is C13H13FN2O2S. The molecule has 0 saturated heterocycles. The minimum Gasteiger partial charge on any atom is -0.399 e. The summed E-state index contributed by atoms with van der Waals surface area (Å²) >= 11 is 0. The maximum Gasteiger partial charge on any atom is 0.236 e. The largest absolute Gasteiger partial charge is 0.399 e. The van der Waals surface area contributed by atoms with E-state index in [2.05, 4.69) is 4.72 Å². The van der Waals surface area contributed by atoms with E-state index in [1.165, 1.54) is 18.2 Å². The molecule has 0 aromatic heterocycles. The fourth-order valence-electron chi connectivity index (χ4n) is 1.60. The van der Waals surface area contributed by atoms with Crippen molar-refractivity contribution in [2.75, 3.05) is 10.5 Å². The van der Waals surface area contributed by atoms with E-state index in [0.29, 0.717) is 11.3 Å². The van der Waals surface area contributed by atoms with E-state index in [0.717, 1.165) is 6.07 Å². The zero-order valence-corrected chi connectivity index (χ0v) is 10.8. The number of nitrogen functional groups attached to an aromatic ring is 1. The smallest absolute Gasteiger partial charge is 0.236 e. The third kappa shape index (κ3) is 3.96. The second kappa shape index (κ2) is 5.27. The molecule has 0 radical (unpaired) electrons. The topological polar surface area (TPSA) is 72.2 Å². The molecule has 0 fully saturated rings. The number of anilines is 2. The number of nitrogens with one attached hydrogen (secondary N) is 1. The molecule has 0 amide bonds. The lowest BCUT2D eigenvalue weighted by Gasteiger charge is -2.08. The van der Waals surface area contributed by atoms with Gasteiger partial charge < -0.3 is 5.73 Å². The van der Waals surface area contributed by atoms with Crippen molar-refractivity contribution in [3.8, 4) is 0 Å². The van der Waals surface area contributed by atoms with Gasteiger partial charge in [-0.2, -0.15) is 0 Å². The molecule has 2 aromatic carbocycles. The van der Waals surface area contributed by atoms with E-state index in [1.807, 2.05) is 0 Å². The zero-order valence-electron chi connectivity index (χ0n) is 10.0. The molecule has 100 valence electrons. The first-order valence-electron chi connectivity index (χ1n) is 5.55. The van der Waals surface area contributed by atoms with E-state index in [4.69, 9.17) is 5.73 Å². The number of hydrogen-bond acceptors (Lipinski definition) is 3. The van der Waals surface area contributed by atoms with E-state index in [-0.39, 0.29) is 11.4 Å². The lowest BCUT2D eigenvalue weighted by atomic mass is 10.2.